The largest absolute Gasteiger partial charge is 0.492 e. The smallest absolute Gasteiger partial charge is 0.166 e. The molecule has 2 aliphatic rings. The van der Waals surface area contributed by atoms with Crippen LogP contribution in [-0.2, 0) is 0 Å². The van der Waals surface area contributed by atoms with E-state index < -0.39 is 0 Å². The molecule has 2 fully saturated rings. The van der Waals surface area contributed by atoms with Crippen molar-refractivity contribution in [2.24, 2.45) is 5.92 Å². The molecule has 4 rings (SSSR count). The Bertz CT molecular complexity index is 705. The number of rotatable bonds is 7. The fourth-order valence-corrected chi connectivity index (χ4v) is 3.78. The van der Waals surface area contributed by atoms with Gasteiger partial charge in [-0.05, 0) is 68.1 Å². The van der Waals surface area contributed by atoms with Crippen molar-refractivity contribution in [3.05, 3.63) is 65.7 Å². The van der Waals surface area contributed by atoms with Crippen molar-refractivity contribution >= 4 is 5.78 Å². The molecule has 2 aromatic rings. The summed E-state index contributed by atoms with van der Waals surface area (Å²) >= 11 is 0. The molecular weight excluding hydrogens is 310 g/mol. The number of hydrogen-bond acceptors (Lipinski definition) is 3. The first-order chi connectivity index (χ1) is 12.3. The normalized spacial score (nSPS) is 22.7. The van der Waals surface area contributed by atoms with Crippen molar-refractivity contribution in [3.63, 3.8) is 0 Å². The number of carbonyl (C=O) groups excluding carboxylic acids is 1. The predicted molar refractivity (Wildman–Crippen MR) is 99.2 cm³/mol. The first-order valence-electron chi connectivity index (χ1n) is 9.35. The molecule has 0 N–H and O–H groups in total. The van der Waals surface area contributed by atoms with Crippen LogP contribution in [0.3, 0.4) is 0 Å². The summed E-state index contributed by atoms with van der Waals surface area (Å²) in [6.07, 6.45) is 3.58. The standard InChI is InChI=1S/C22H25NO2/c24-22(21-16-20(21)17-6-2-1-3-7-17)18-8-10-19(11-9-18)25-15-14-23-12-4-5-13-23/h1-3,6-11,20-21H,4-5,12-16H2. The zero-order valence-corrected chi connectivity index (χ0v) is 14.6. The van der Waals surface area contributed by atoms with Gasteiger partial charge in [-0.25, -0.2) is 0 Å². The van der Waals surface area contributed by atoms with Crippen LogP contribution >= 0.6 is 0 Å². The van der Waals surface area contributed by atoms with Crippen LogP contribution in [0.4, 0.5) is 0 Å². The predicted octanol–water partition coefficient (Wildman–Crippen LogP) is 4.15. The number of benzene rings is 2. The molecule has 1 saturated heterocycles. The number of carbonyl (C=O) groups is 1. The van der Waals surface area contributed by atoms with Crippen LogP contribution in [0.5, 0.6) is 5.75 Å². The van der Waals surface area contributed by atoms with Crippen LogP contribution in [0.1, 0.15) is 41.1 Å². The first kappa shape index (κ1) is 16.3. The summed E-state index contributed by atoms with van der Waals surface area (Å²) in [5, 5.41) is 0. The highest BCUT2D eigenvalue weighted by molar-refractivity contribution is 6.00. The molecule has 3 nitrogen and oxygen atoms in total. The molecule has 1 saturated carbocycles. The van der Waals surface area contributed by atoms with E-state index in [1.165, 1.54) is 31.5 Å². The van der Waals surface area contributed by atoms with E-state index in [-0.39, 0.29) is 11.7 Å². The van der Waals surface area contributed by atoms with E-state index in [1.807, 2.05) is 42.5 Å². The van der Waals surface area contributed by atoms with Gasteiger partial charge in [-0.1, -0.05) is 30.3 Å². The fraction of sp³-hybridized carbons (Fsp3) is 0.409. The van der Waals surface area contributed by atoms with E-state index in [0.29, 0.717) is 12.5 Å². The summed E-state index contributed by atoms with van der Waals surface area (Å²) in [5.41, 5.74) is 2.08. The second-order valence-electron chi connectivity index (χ2n) is 7.15. The molecule has 1 heterocycles. The molecule has 3 heteroatoms. The topological polar surface area (TPSA) is 29.5 Å². The van der Waals surface area contributed by atoms with Gasteiger partial charge >= 0.3 is 0 Å². The summed E-state index contributed by atoms with van der Waals surface area (Å²) in [5.74, 6) is 1.65. The molecule has 130 valence electrons. The first-order valence-corrected chi connectivity index (χ1v) is 9.35. The second-order valence-corrected chi connectivity index (χ2v) is 7.15. The lowest BCUT2D eigenvalue weighted by molar-refractivity contribution is 0.0965. The van der Waals surface area contributed by atoms with E-state index in [1.54, 1.807) is 0 Å². The second kappa shape index (κ2) is 7.40. The van der Waals surface area contributed by atoms with E-state index in [4.69, 9.17) is 4.74 Å². The number of hydrogen-bond donors (Lipinski definition) is 0. The number of nitrogens with zero attached hydrogens (tertiary/aromatic N) is 1. The third-order valence-electron chi connectivity index (χ3n) is 5.37. The van der Waals surface area contributed by atoms with Gasteiger partial charge in [0.25, 0.3) is 0 Å². The summed E-state index contributed by atoms with van der Waals surface area (Å²) in [7, 11) is 0. The van der Waals surface area contributed by atoms with Crippen molar-refractivity contribution in [1.29, 1.82) is 0 Å². The molecule has 25 heavy (non-hydrogen) atoms. The van der Waals surface area contributed by atoms with Gasteiger partial charge in [0.2, 0.25) is 0 Å². The van der Waals surface area contributed by atoms with Gasteiger partial charge in [-0.15, -0.1) is 0 Å². The van der Waals surface area contributed by atoms with Gasteiger partial charge in [0, 0.05) is 18.0 Å². The lowest BCUT2D eigenvalue weighted by atomic mass is 10.0. The Labute approximate surface area is 149 Å². The molecule has 0 amide bonds. The Morgan fingerprint density at radius 1 is 1.00 bits per heavy atom. The third kappa shape index (κ3) is 3.93. The minimum atomic E-state index is 0.143. The zero-order chi connectivity index (χ0) is 17.1. The average Bonchev–Trinajstić information content (AvgIpc) is 3.30. The van der Waals surface area contributed by atoms with Crippen LogP contribution in [0, 0.1) is 5.92 Å². The van der Waals surface area contributed by atoms with Crippen LogP contribution in [0.25, 0.3) is 0 Å². The van der Waals surface area contributed by atoms with E-state index in [2.05, 4.69) is 17.0 Å². The van der Waals surface area contributed by atoms with Gasteiger partial charge in [0.15, 0.2) is 5.78 Å². The molecule has 2 unspecified atom stereocenters. The molecular formula is C22H25NO2. The van der Waals surface area contributed by atoms with E-state index in [9.17, 15) is 4.79 Å². The van der Waals surface area contributed by atoms with Crippen LogP contribution in [0.2, 0.25) is 0 Å². The molecule has 1 aliphatic heterocycles. The van der Waals surface area contributed by atoms with Gasteiger partial charge < -0.3 is 4.74 Å². The maximum absolute atomic E-state index is 12.6. The lowest BCUT2D eigenvalue weighted by Crippen LogP contribution is -2.25. The van der Waals surface area contributed by atoms with Gasteiger partial charge in [0.05, 0.1) is 0 Å². The van der Waals surface area contributed by atoms with Crippen molar-refractivity contribution in [3.8, 4) is 5.75 Å². The Kier molecular flexibility index (Phi) is 4.84. The highest BCUT2D eigenvalue weighted by atomic mass is 16.5. The van der Waals surface area contributed by atoms with Gasteiger partial charge in [-0.2, -0.15) is 0 Å². The lowest BCUT2D eigenvalue weighted by Gasteiger charge is -2.15. The van der Waals surface area contributed by atoms with Crippen LogP contribution in [-0.4, -0.2) is 36.9 Å². The maximum Gasteiger partial charge on any atom is 0.166 e. The van der Waals surface area contributed by atoms with Crippen LogP contribution in [0.15, 0.2) is 54.6 Å². The van der Waals surface area contributed by atoms with E-state index in [0.717, 1.165) is 24.3 Å². The number of Topliss-reactive ketones (excluding diaryl/α,β-unsaturated/α-hetero) is 1. The molecule has 1 aliphatic carbocycles. The molecule has 0 radical (unpaired) electrons. The minimum Gasteiger partial charge on any atom is -0.492 e. The zero-order valence-electron chi connectivity index (χ0n) is 14.6. The third-order valence-corrected chi connectivity index (χ3v) is 5.37. The minimum absolute atomic E-state index is 0.143. The summed E-state index contributed by atoms with van der Waals surface area (Å²) < 4.78 is 5.82. The fourth-order valence-electron chi connectivity index (χ4n) is 3.78. The summed E-state index contributed by atoms with van der Waals surface area (Å²) in [6.45, 7) is 4.09. The Hall–Kier alpha value is -2.13. The number of ether oxygens (including phenoxy) is 1. The van der Waals surface area contributed by atoms with Crippen molar-refractivity contribution in [1.82, 2.24) is 4.90 Å². The van der Waals surface area contributed by atoms with E-state index >= 15 is 0 Å². The van der Waals surface area contributed by atoms with Crippen molar-refractivity contribution < 1.29 is 9.53 Å². The molecule has 0 aromatic heterocycles. The Morgan fingerprint density at radius 3 is 2.44 bits per heavy atom. The highest BCUT2D eigenvalue weighted by Crippen LogP contribution is 2.49. The van der Waals surface area contributed by atoms with Gasteiger partial charge in [-0.3, -0.25) is 9.69 Å². The Morgan fingerprint density at radius 2 is 1.72 bits per heavy atom. The average molecular weight is 335 g/mol. The number of ketones is 1. The van der Waals surface area contributed by atoms with Crippen molar-refractivity contribution in [2.75, 3.05) is 26.2 Å². The molecule has 0 bridgehead atoms. The van der Waals surface area contributed by atoms with Gasteiger partial charge in [0.1, 0.15) is 12.4 Å². The van der Waals surface area contributed by atoms with Crippen molar-refractivity contribution in [2.45, 2.75) is 25.2 Å². The molecule has 2 aromatic carbocycles. The number of likely N-dealkylation sites (tertiary alicyclic amines) is 1. The Balaban J connectivity index is 1.29. The monoisotopic (exact) mass is 335 g/mol. The molecule has 2 atom stereocenters. The SMILES string of the molecule is O=C(c1ccc(OCCN2CCCC2)cc1)C1CC1c1ccccc1. The maximum atomic E-state index is 12.6. The quantitative estimate of drug-likeness (QED) is 0.712. The molecule has 0 spiro atoms. The summed E-state index contributed by atoms with van der Waals surface area (Å²) in [4.78, 5) is 15.1. The highest BCUT2D eigenvalue weighted by Gasteiger charge is 2.43. The van der Waals surface area contributed by atoms with Crippen LogP contribution < -0.4 is 4.74 Å². The summed E-state index contributed by atoms with van der Waals surface area (Å²) in [6, 6.07) is 18.0.